The van der Waals surface area contributed by atoms with Crippen LogP contribution < -0.4 is 10.6 Å². The summed E-state index contributed by atoms with van der Waals surface area (Å²) in [7, 11) is 0. The van der Waals surface area contributed by atoms with Crippen LogP contribution in [0.25, 0.3) is 0 Å². The van der Waals surface area contributed by atoms with Crippen molar-refractivity contribution >= 4 is 41.3 Å². The monoisotopic (exact) mass is 584 g/mol. The summed E-state index contributed by atoms with van der Waals surface area (Å²) in [6.07, 6.45) is -0.235. The number of carbonyl (C=O) groups excluding carboxylic acids is 3. The van der Waals surface area contributed by atoms with Crippen LogP contribution in [0.15, 0.2) is 53.5 Å². The summed E-state index contributed by atoms with van der Waals surface area (Å²) >= 11 is 6.79. The van der Waals surface area contributed by atoms with E-state index in [1.807, 2.05) is 37.3 Å². The normalized spacial score (nSPS) is 22.9. The van der Waals surface area contributed by atoms with E-state index < -0.39 is 23.3 Å². The number of alkyl carbamates (subject to hydrolysis) is 1. The highest BCUT2D eigenvalue weighted by atomic mass is 35.5. The second kappa shape index (κ2) is 12.5. The standard InChI is InChI=1S/C30H37ClN4O6/c1-19-16-21(14-15-39-19)35-24(36)17-30(5,34-26(35)33-28(38)41-29(2,3)4)22-12-9-13-23(25(22)31)32-27(37)40-18-20-10-7-6-8-11-20/h6-13,19,21H,14-18H2,1-5H3,(H,32,37)(H,33,34,38)/t19-,21?,30+/m1/s1. The van der Waals surface area contributed by atoms with Gasteiger partial charge in [-0.3, -0.25) is 20.3 Å². The zero-order chi connectivity index (χ0) is 29.8. The minimum absolute atomic E-state index is 0.000135. The molecular weight excluding hydrogens is 548 g/mol. The molecule has 0 saturated carbocycles. The molecule has 0 bridgehead atoms. The van der Waals surface area contributed by atoms with Gasteiger partial charge in [0.05, 0.1) is 28.8 Å². The van der Waals surface area contributed by atoms with Gasteiger partial charge in [0.2, 0.25) is 11.9 Å². The Morgan fingerprint density at radius 1 is 1.12 bits per heavy atom. The van der Waals surface area contributed by atoms with Crippen LogP contribution in [0.1, 0.15) is 65.0 Å². The Morgan fingerprint density at radius 3 is 2.54 bits per heavy atom. The van der Waals surface area contributed by atoms with Crippen molar-refractivity contribution in [2.75, 3.05) is 11.9 Å². The van der Waals surface area contributed by atoms with Crippen LogP contribution in [-0.2, 0) is 31.2 Å². The number of guanidine groups is 1. The van der Waals surface area contributed by atoms with E-state index in [1.54, 1.807) is 50.8 Å². The van der Waals surface area contributed by atoms with Gasteiger partial charge in [-0.1, -0.05) is 54.1 Å². The zero-order valence-corrected chi connectivity index (χ0v) is 24.8. The Labute approximate surface area is 245 Å². The van der Waals surface area contributed by atoms with Gasteiger partial charge in [-0.2, -0.15) is 0 Å². The van der Waals surface area contributed by atoms with E-state index in [9.17, 15) is 14.4 Å². The number of anilines is 1. The van der Waals surface area contributed by atoms with E-state index in [0.717, 1.165) is 5.56 Å². The van der Waals surface area contributed by atoms with E-state index in [4.69, 9.17) is 30.8 Å². The summed E-state index contributed by atoms with van der Waals surface area (Å²) in [5.74, 6) is -0.127. The molecule has 2 aromatic rings. The van der Waals surface area contributed by atoms with E-state index >= 15 is 0 Å². The summed E-state index contributed by atoms with van der Waals surface area (Å²) in [4.78, 5) is 45.5. The van der Waals surface area contributed by atoms with Crippen molar-refractivity contribution in [1.29, 1.82) is 0 Å². The predicted octanol–water partition coefficient (Wildman–Crippen LogP) is 5.98. The molecule has 11 heteroatoms. The Bertz CT molecular complexity index is 1310. The second-order valence-corrected chi connectivity index (χ2v) is 11.9. The lowest BCUT2D eigenvalue weighted by molar-refractivity contribution is -0.133. The van der Waals surface area contributed by atoms with E-state index in [2.05, 4.69) is 10.6 Å². The minimum Gasteiger partial charge on any atom is -0.444 e. The quantitative estimate of drug-likeness (QED) is 0.446. The third-order valence-corrected chi connectivity index (χ3v) is 7.22. The first-order valence-electron chi connectivity index (χ1n) is 13.6. The first-order valence-corrected chi connectivity index (χ1v) is 14.0. The van der Waals surface area contributed by atoms with E-state index in [0.29, 0.717) is 30.7 Å². The number of amides is 3. The number of halogens is 1. The lowest BCUT2D eigenvalue weighted by Gasteiger charge is -2.42. The van der Waals surface area contributed by atoms with E-state index in [-0.39, 0.29) is 42.1 Å². The van der Waals surface area contributed by atoms with Gasteiger partial charge >= 0.3 is 12.2 Å². The highest BCUT2D eigenvalue weighted by Crippen LogP contribution is 2.41. The number of rotatable bonds is 5. The van der Waals surface area contributed by atoms with Crippen molar-refractivity contribution < 1.29 is 28.6 Å². The number of nitrogens with zero attached hydrogens (tertiary/aromatic N) is 2. The number of carbonyl (C=O) groups is 3. The largest absolute Gasteiger partial charge is 0.444 e. The Kier molecular flexibility index (Phi) is 9.24. The summed E-state index contributed by atoms with van der Waals surface area (Å²) in [5.41, 5.74) is -0.218. The first-order chi connectivity index (χ1) is 19.3. The molecule has 220 valence electrons. The second-order valence-electron chi connectivity index (χ2n) is 11.5. The van der Waals surface area contributed by atoms with Crippen molar-refractivity contribution in [3.8, 4) is 0 Å². The van der Waals surface area contributed by atoms with Gasteiger partial charge in [-0.05, 0) is 59.1 Å². The molecule has 2 aromatic carbocycles. The number of benzene rings is 2. The molecule has 0 aliphatic carbocycles. The molecule has 1 fully saturated rings. The van der Waals surface area contributed by atoms with Crippen LogP contribution in [-0.4, -0.2) is 53.3 Å². The van der Waals surface area contributed by atoms with Crippen LogP contribution in [0, 0.1) is 0 Å². The topological polar surface area (TPSA) is 119 Å². The molecule has 0 spiro atoms. The zero-order valence-electron chi connectivity index (χ0n) is 24.0. The molecule has 1 saturated heterocycles. The summed E-state index contributed by atoms with van der Waals surface area (Å²) in [6.45, 7) is 9.58. The van der Waals surface area contributed by atoms with Crippen LogP contribution in [0.3, 0.4) is 0 Å². The average Bonchev–Trinajstić information content (AvgIpc) is 2.88. The molecule has 0 radical (unpaired) electrons. The maximum Gasteiger partial charge on any atom is 0.414 e. The molecule has 41 heavy (non-hydrogen) atoms. The van der Waals surface area contributed by atoms with Crippen molar-refractivity contribution in [3.05, 3.63) is 64.7 Å². The van der Waals surface area contributed by atoms with Gasteiger partial charge in [0, 0.05) is 18.2 Å². The Morgan fingerprint density at radius 2 is 1.85 bits per heavy atom. The maximum atomic E-state index is 13.7. The molecule has 2 heterocycles. The summed E-state index contributed by atoms with van der Waals surface area (Å²) < 4.78 is 16.5. The molecule has 2 N–H and O–H groups in total. The fourth-order valence-corrected chi connectivity index (χ4v) is 5.34. The predicted molar refractivity (Wildman–Crippen MR) is 156 cm³/mol. The highest BCUT2D eigenvalue weighted by molar-refractivity contribution is 6.34. The van der Waals surface area contributed by atoms with Crippen LogP contribution in [0.2, 0.25) is 5.02 Å². The van der Waals surface area contributed by atoms with Crippen molar-refractivity contribution in [3.63, 3.8) is 0 Å². The first kappa shape index (κ1) is 30.3. The van der Waals surface area contributed by atoms with Crippen LogP contribution in [0.5, 0.6) is 0 Å². The van der Waals surface area contributed by atoms with Gasteiger partial charge in [0.15, 0.2) is 0 Å². The number of nitrogens with one attached hydrogen (secondary N) is 2. The van der Waals surface area contributed by atoms with Crippen LogP contribution >= 0.6 is 11.6 Å². The smallest absolute Gasteiger partial charge is 0.414 e. The lowest BCUT2D eigenvalue weighted by Crippen LogP contribution is -2.58. The molecule has 4 rings (SSSR count). The average molecular weight is 585 g/mol. The molecule has 2 aliphatic rings. The Hall–Kier alpha value is -3.63. The van der Waals surface area contributed by atoms with Crippen LogP contribution in [0.4, 0.5) is 15.3 Å². The third-order valence-electron chi connectivity index (χ3n) is 6.81. The fourth-order valence-electron chi connectivity index (χ4n) is 4.96. The SMILES string of the molecule is C[C@@H]1CC(N2C(=O)C[C@@](C)(c3cccc(NC(=O)OCc4ccccc4)c3Cl)N=C2NC(=O)OC(C)(C)C)CCO1. The number of ether oxygens (including phenoxy) is 3. The molecule has 3 atom stereocenters. The van der Waals surface area contributed by atoms with Gasteiger partial charge in [0.25, 0.3) is 0 Å². The van der Waals surface area contributed by atoms with Crippen molar-refractivity contribution in [2.24, 2.45) is 4.99 Å². The summed E-state index contributed by atoms with van der Waals surface area (Å²) in [5, 5.41) is 5.61. The van der Waals surface area contributed by atoms with Gasteiger partial charge in [0.1, 0.15) is 12.2 Å². The van der Waals surface area contributed by atoms with Gasteiger partial charge in [-0.15, -0.1) is 0 Å². The Balaban J connectivity index is 1.61. The van der Waals surface area contributed by atoms with Gasteiger partial charge in [-0.25, -0.2) is 14.6 Å². The third kappa shape index (κ3) is 7.77. The number of hydrogen-bond donors (Lipinski definition) is 2. The minimum atomic E-state index is -1.14. The molecule has 1 unspecified atom stereocenters. The highest BCUT2D eigenvalue weighted by Gasteiger charge is 2.44. The van der Waals surface area contributed by atoms with Crippen molar-refractivity contribution in [2.45, 2.75) is 83.8 Å². The molecule has 3 amide bonds. The molecule has 0 aromatic heterocycles. The summed E-state index contributed by atoms with van der Waals surface area (Å²) in [6, 6.07) is 14.2. The molecule has 2 aliphatic heterocycles. The molecular formula is C30H37ClN4O6. The lowest BCUT2D eigenvalue weighted by atomic mass is 9.86. The molecule has 10 nitrogen and oxygen atoms in total. The fraction of sp³-hybridized carbons (Fsp3) is 0.467. The maximum absolute atomic E-state index is 13.7. The number of aliphatic imine (C=N–C) groups is 1. The number of hydrogen-bond acceptors (Lipinski definition) is 7. The van der Waals surface area contributed by atoms with E-state index in [1.165, 1.54) is 0 Å². The van der Waals surface area contributed by atoms with Crippen molar-refractivity contribution in [1.82, 2.24) is 10.2 Å². The van der Waals surface area contributed by atoms with Gasteiger partial charge < -0.3 is 14.2 Å².